The van der Waals surface area contributed by atoms with E-state index in [4.69, 9.17) is 14.7 Å². The van der Waals surface area contributed by atoms with Crippen LogP contribution in [0.15, 0.2) is 47.0 Å². The maximum absolute atomic E-state index is 5.47. The number of fused-ring (bicyclic) bond motifs is 1. The summed E-state index contributed by atoms with van der Waals surface area (Å²) in [6.07, 6.45) is 14.9. The molecule has 3 atom stereocenters. The first kappa shape index (κ1) is 20.1. The van der Waals surface area contributed by atoms with Gasteiger partial charge in [-0.2, -0.15) is 0 Å². The van der Waals surface area contributed by atoms with E-state index < -0.39 is 0 Å². The van der Waals surface area contributed by atoms with Crippen LogP contribution in [0.25, 0.3) is 5.57 Å². The summed E-state index contributed by atoms with van der Waals surface area (Å²) in [6.45, 7) is 8.79. The fraction of sp³-hybridized carbons (Fsp3) is 0.538. The number of pyridine rings is 1. The van der Waals surface area contributed by atoms with Crippen LogP contribution in [0, 0.1) is 11.8 Å². The third-order valence-corrected chi connectivity index (χ3v) is 7.28. The molecular formula is C26H34N2O. The fourth-order valence-corrected chi connectivity index (χ4v) is 5.25. The zero-order chi connectivity index (χ0) is 20.4. The highest BCUT2D eigenvalue weighted by Gasteiger charge is 2.38. The summed E-state index contributed by atoms with van der Waals surface area (Å²) in [7, 11) is 1.71. The lowest BCUT2D eigenvalue weighted by Crippen LogP contribution is -2.28. The quantitative estimate of drug-likeness (QED) is 0.588. The van der Waals surface area contributed by atoms with Crippen LogP contribution in [0.2, 0.25) is 0 Å². The van der Waals surface area contributed by atoms with Gasteiger partial charge in [0.05, 0.1) is 18.8 Å². The largest absolute Gasteiger partial charge is 0.481 e. The average molecular weight is 391 g/mol. The SMILES string of the molecule is C=C1C=NC(C2=C(C)c3ccc(OC)nc3C(C)C(C3CCC3)C2)CCC/C=C\1. The van der Waals surface area contributed by atoms with Gasteiger partial charge < -0.3 is 4.74 Å². The Balaban J connectivity index is 1.78. The van der Waals surface area contributed by atoms with E-state index in [1.807, 2.05) is 12.3 Å². The van der Waals surface area contributed by atoms with Crippen molar-refractivity contribution in [2.24, 2.45) is 16.8 Å². The predicted octanol–water partition coefficient (Wildman–Crippen LogP) is 6.52. The molecule has 1 aliphatic heterocycles. The van der Waals surface area contributed by atoms with Gasteiger partial charge in [0.2, 0.25) is 5.88 Å². The lowest BCUT2D eigenvalue weighted by atomic mass is 9.68. The molecule has 1 aromatic rings. The Kier molecular flexibility index (Phi) is 6.03. The van der Waals surface area contributed by atoms with Crippen molar-refractivity contribution in [3.8, 4) is 5.88 Å². The number of nitrogens with zero attached hydrogens (tertiary/aromatic N) is 2. The van der Waals surface area contributed by atoms with Gasteiger partial charge in [0.25, 0.3) is 0 Å². The van der Waals surface area contributed by atoms with Crippen LogP contribution in [0.1, 0.15) is 76.0 Å². The maximum Gasteiger partial charge on any atom is 0.213 e. The van der Waals surface area contributed by atoms with Crippen molar-refractivity contribution >= 4 is 11.8 Å². The summed E-state index contributed by atoms with van der Waals surface area (Å²) in [4.78, 5) is 9.97. The number of aromatic nitrogens is 1. The number of rotatable bonds is 3. The minimum Gasteiger partial charge on any atom is -0.481 e. The summed E-state index contributed by atoms with van der Waals surface area (Å²) in [5.41, 5.74) is 6.41. The molecule has 29 heavy (non-hydrogen) atoms. The summed E-state index contributed by atoms with van der Waals surface area (Å²) < 4.78 is 5.47. The average Bonchev–Trinajstić information content (AvgIpc) is 2.75. The Labute approximate surface area is 175 Å². The van der Waals surface area contributed by atoms with Crippen LogP contribution in [-0.4, -0.2) is 24.4 Å². The standard InChI is InChI=1S/C26H34N2O/c1-17-9-6-5-7-12-24(27-16-17)23-15-22(20-10-8-11-20)19(3)26-21(18(23)2)13-14-25(28-26)29-4/h6,9,13-14,16,19-20,22,24H,1,5,7-8,10-12,15H2,2-4H3/b9-6-,27-16?. The molecule has 0 saturated heterocycles. The van der Waals surface area contributed by atoms with Crippen LogP contribution < -0.4 is 4.74 Å². The predicted molar refractivity (Wildman–Crippen MR) is 122 cm³/mol. The normalized spacial score (nSPS) is 29.2. The van der Waals surface area contributed by atoms with E-state index in [0.717, 1.165) is 36.6 Å². The van der Waals surface area contributed by atoms with Crippen molar-refractivity contribution in [2.45, 2.75) is 70.8 Å². The smallest absolute Gasteiger partial charge is 0.213 e. The van der Waals surface area contributed by atoms with E-state index in [-0.39, 0.29) is 6.04 Å². The highest BCUT2D eigenvalue weighted by atomic mass is 16.5. The summed E-state index contributed by atoms with van der Waals surface area (Å²) >= 11 is 0. The van der Waals surface area contributed by atoms with Gasteiger partial charge in [-0.25, -0.2) is 4.98 Å². The van der Waals surface area contributed by atoms with Gasteiger partial charge >= 0.3 is 0 Å². The highest BCUT2D eigenvalue weighted by molar-refractivity contribution is 5.82. The van der Waals surface area contributed by atoms with E-state index in [0.29, 0.717) is 11.8 Å². The van der Waals surface area contributed by atoms with Crippen molar-refractivity contribution in [2.75, 3.05) is 7.11 Å². The Morgan fingerprint density at radius 3 is 2.69 bits per heavy atom. The van der Waals surface area contributed by atoms with Crippen LogP contribution in [0.5, 0.6) is 5.88 Å². The molecule has 1 fully saturated rings. The molecule has 0 bridgehead atoms. The first-order valence-corrected chi connectivity index (χ1v) is 11.2. The van der Waals surface area contributed by atoms with Gasteiger partial charge in [-0.15, -0.1) is 0 Å². The Hall–Kier alpha value is -2.16. The molecule has 2 heterocycles. The van der Waals surface area contributed by atoms with E-state index in [1.54, 1.807) is 7.11 Å². The van der Waals surface area contributed by atoms with Crippen LogP contribution in [0.3, 0.4) is 0 Å². The number of hydrogen-bond acceptors (Lipinski definition) is 3. The van der Waals surface area contributed by atoms with Crippen LogP contribution in [0.4, 0.5) is 0 Å². The number of ether oxygens (including phenoxy) is 1. The first-order chi connectivity index (χ1) is 14.1. The Bertz CT molecular complexity index is 859. The van der Waals surface area contributed by atoms with Crippen LogP contribution in [-0.2, 0) is 0 Å². The molecular weight excluding hydrogens is 356 g/mol. The summed E-state index contributed by atoms with van der Waals surface area (Å²) in [6, 6.07) is 4.47. The van der Waals surface area contributed by atoms with E-state index in [2.05, 4.69) is 38.6 Å². The molecule has 0 radical (unpaired) electrons. The summed E-state index contributed by atoms with van der Waals surface area (Å²) in [5, 5.41) is 0. The zero-order valence-electron chi connectivity index (χ0n) is 18.2. The first-order valence-electron chi connectivity index (χ1n) is 11.2. The molecule has 3 heteroatoms. The fourth-order valence-electron chi connectivity index (χ4n) is 5.25. The number of methoxy groups -OCH3 is 1. The van der Waals surface area contributed by atoms with Crippen molar-refractivity contribution in [1.29, 1.82) is 0 Å². The van der Waals surface area contributed by atoms with Gasteiger partial charge in [0, 0.05) is 18.2 Å². The molecule has 2 aliphatic carbocycles. The van der Waals surface area contributed by atoms with E-state index in [1.165, 1.54) is 48.1 Å². The molecule has 3 aliphatic rings. The molecule has 3 unspecified atom stereocenters. The third-order valence-electron chi connectivity index (χ3n) is 7.28. The lowest BCUT2D eigenvalue weighted by Gasteiger charge is -2.38. The molecule has 4 rings (SSSR count). The number of aliphatic imine (C=N–C) groups is 1. The number of hydrogen-bond donors (Lipinski definition) is 0. The van der Waals surface area contributed by atoms with Crippen LogP contribution >= 0.6 is 0 Å². The Morgan fingerprint density at radius 1 is 1.14 bits per heavy atom. The van der Waals surface area contributed by atoms with Gasteiger partial charge in [-0.05, 0) is 72.8 Å². The minimum atomic E-state index is 0.245. The molecule has 3 nitrogen and oxygen atoms in total. The highest BCUT2D eigenvalue weighted by Crippen LogP contribution is 2.49. The molecule has 154 valence electrons. The maximum atomic E-state index is 5.47. The number of allylic oxidation sites excluding steroid dienone is 4. The van der Waals surface area contributed by atoms with Crippen molar-refractivity contribution < 1.29 is 4.74 Å². The van der Waals surface area contributed by atoms with E-state index in [9.17, 15) is 0 Å². The van der Waals surface area contributed by atoms with Crippen molar-refractivity contribution in [3.05, 3.63) is 53.3 Å². The topological polar surface area (TPSA) is 34.5 Å². The van der Waals surface area contributed by atoms with Gasteiger partial charge in [-0.1, -0.05) is 44.9 Å². The lowest BCUT2D eigenvalue weighted by molar-refractivity contribution is 0.178. The molecule has 0 spiro atoms. The third kappa shape index (κ3) is 4.10. The molecule has 1 saturated carbocycles. The van der Waals surface area contributed by atoms with Crippen molar-refractivity contribution in [3.63, 3.8) is 0 Å². The van der Waals surface area contributed by atoms with Gasteiger partial charge in [0.1, 0.15) is 0 Å². The molecule has 0 aromatic carbocycles. The van der Waals surface area contributed by atoms with Gasteiger partial charge in [-0.3, -0.25) is 4.99 Å². The second-order valence-electron chi connectivity index (χ2n) is 8.99. The van der Waals surface area contributed by atoms with Gasteiger partial charge in [0.15, 0.2) is 0 Å². The second-order valence-corrected chi connectivity index (χ2v) is 8.99. The second kappa shape index (κ2) is 8.69. The van der Waals surface area contributed by atoms with Crippen molar-refractivity contribution in [1.82, 2.24) is 4.98 Å². The van der Waals surface area contributed by atoms with E-state index >= 15 is 0 Å². The monoisotopic (exact) mass is 390 g/mol. The minimum absolute atomic E-state index is 0.245. The molecule has 1 aromatic heterocycles. The molecule has 0 N–H and O–H groups in total. The summed E-state index contributed by atoms with van der Waals surface area (Å²) in [5.74, 6) is 2.61. The Morgan fingerprint density at radius 2 is 1.97 bits per heavy atom. The molecule has 0 amide bonds. The zero-order valence-corrected chi connectivity index (χ0v) is 18.2.